The van der Waals surface area contributed by atoms with Crippen LogP contribution >= 0.6 is 0 Å². The van der Waals surface area contributed by atoms with Crippen LogP contribution < -0.4 is 0 Å². The van der Waals surface area contributed by atoms with Gasteiger partial charge >= 0.3 is 0 Å². The minimum atomic E-state index is -0.287. The number of hydrogen-bond acceptors (Lipinski definition) is 3. The molecule has 2 aliphatic rings. The summed E-state index contributed by atoms with van der Waals surface area (Å²) in [7, 11) is 0. The van der Waals surface area contributed by atoms with Crippen LogP contribution in [0.25, 0.3) is 0 Å². The van der Waals surface area contributed by atoms with Crippen molar-refractivity contribution in [3.05, 3.63) is 0 Å². The number of hydroxylamine groups is 2. The molecule has 0 aromatic rings. The van der Waals surface area contributed by atoms with Crippen LogP contribution in [0.15, 0.2) is 0 Å². The fourth-order valence-corrected chi connectivity index (χ4v) is 2.05. The zero-order chi connectivity index (χ0) is 7.90. The third-order valence-corrected chi connectivity index (χ3v) is 2.66. The van der Waals surface area contributed by atoms with Gasteiger partial charge in [0.2, 0.25) is 0 Å². The van der Waals surface area contributed by atoms with Crippen molar-refractivity contribution in [3.8, 4) is 0 Å². The van der Waals surface area contributed by atoms with E-state index in [-0.39, 0.29) is 12.2 Å². The Morgan fingerprint density at radius 3 is 3.18 bits per heavy atom. The average Bonchev–Trinajstić information content (AvgIpc) is 2.46. The molecule has 64 valence electrons. The van der Waals surface area contributed by atoms with Crippen molar-refractivity contribution in [1.82, 2.24) is 5.06 Å². The Labute approximate surface area is 66.9 Å². The first kappa shape index (κ1) is 7.53. The van der Waals surface area contributed by atoms with E-state index >= 15 is 0 Å². The van der Waals surface area contributed by atoms with Gasteiger partial charge in [0.25, 0.3) is 0 Å². The number of aliphatic hydroxyl groups is 1. The van der Waals surface area contributed by atoms with Crippen molar-refractivity contribution in [2.45, 2.75) is 37.8 Å². The standard InChI is InChI=1S/C8H15NO2/c1-8(6-10)5-7-3-2-4-9(7)11-8/h7,10H,2-6H2,1H3. The second kappa shape index (κ2) is 2.44. The smallest absolute Gasteiger partial charge is 0.112 e. The van der Waals surface area contributed by atoms with Crippen molar-refractivity contribution in [1.29, 1.82) is 0 Å². The fourth-order valence-electron chi connectivity index (χ4n) is 2.05. The van der Waals surface area contributed by atoms with E-state index in [2.05, 4.69) is 0 Å². The Hall–Kier alpha value is -0.120. The topological polar surface area (TPSA) is 32.7 Å². The highest BCUT2D eigenvalue weighted by molar-refractivity contribution is 4.90. The monoisotopic (exact) mass is 157 g/mol. The van der Waals surface area contributed by atoms with Gasteiger partial charge in [0.05, 0.1) is 6.61 Å². The molecule has 0 amide bonds. The number of rotatable bonds is 1. The maximum atomic E-state index is 9.03. The normalized spacial score (nSPS) is 44.7. The summed E-state index contributed by atoms with van der Waals surface area (Å²) >= 11 is 0. The first-order valence-electron chi connectivity index (χ1n) is 4.30. The van der Waals surface area contributed by atoms with Crippen LogP contribution in [-0.4, -0.2) is 35.0 Å². The SMILES string of the molecule is CC1(CO)CC2CCCN2O1. The third-order valence-electron chi connectivity index (χ3n) is 2.66. The van der Waals surface area contributed by atoms with E-state index in [1.54, 1.807) is 0 Å². The first-order valence-corrected chi connectivity index (χ1v) is 4.30. The largest absolute Gasteiger partial charge is 0.393 e. The van der Waals surface area contributed by atoms with E-state index in [1.165, 1.54) is 12.8 Å². The molecule has 0 radical (unpaired) electrons. The summed E-state index contributed by atoms with van der Waals surface area (Å²) in [6, 6.07) is 0.576. The van der Waals surface area contributed by atoms with Gasteiger partial charge < -0.3 is 5.11 Å². The third kappa shape index (κ3) is 1.17. The lowest BCUT2D eigenvalue weighted by molar-refractivity contribution is -0.199. The van der Waals surface area contributed by atoms with Crippen LogP contribution in [0.1, 0.15) is 26.2 Å². The lowest BCUT2D eigenvalue weighted by atomic mass is 9.98. The maximum Gasteiger partial charge on any atom is 0.112 e. The molecule has 0 bridgehead atoms. The molecule has 0 spiro atoms. The minimum Gasteiger partial charge on any atom is -0.393 e. The molecule has 2 saturated heterocycles. The second-order valence-corrected chi connectivity index (χ2v) is 3.84. The molecule has 11 heavy (non-hydrogen) atoms. The van der Waals surface area contributed by atoms with Gasteiger partial charge in [-0.25, -0.2) is 0 Å². The second-order valence-electron chi connectivity index (χ2n) is 3.84. The van der Waals surface area contributed by atoms with Crippen LogP contribution in [0, 0.1) is 0 Å². The Morgan fingerprint density at radius 2 is 2.55 bits per heavy atom. The van der Waals surface area contributed by atoms with Gasteiger partial charge in [0, 0.05) is 12.6 Å². The van der Waals surface area contributed by atoms with Crippen LogP contribution in [-0.2, 0) is 4.84 Å². The molecule has 2 atom stereocenters. The Bertz CT molecular complexity index is 148. The number of fused-ring (bicyclic) bond motifs is 1. The maximum absolute atomic E-state index is 9.03. The van der Waals surface area contributed by atoms with Gasteiger partial charge in [-0.15, -0.1) is 0 Å². The highest BCUT2D eigenvalue weighted by atomic mass is 16.7. The molecule has 2 heterocycles. The number of nitrogens with zero attached hydrogens (tertiary/aromatic N) is 1. The Morgan fingerprint density at radius 1 is 1.73 bits per heavy atom. The van der Waals surface area contributed by atoms with Gasteiger partial charge in [0.15, 0.2) is 0 Å². The zero-order valence-corrected chi connectivity index (χ0v) is 6.92. The van der Waals surface area contributed by atoms with Crippen molar-refractivity contribution in [3.63, 3.8) is 0 Å². The van der Waals surface area contributed by atoms with E-state index in [0.717, 1.165) is 13.0 Å². The lowest BCUT2D eigenvalue weighted by Gasteiger charge is -2.21. The molecule has 3 heteroatoms. The first-order chi connectivity index (χ1) is 5.23. The molecule has 2 fully saturated rings. The lowest BCUT2D eigenvalue weighted by Crippen LogP contribution is -2.31. The summed E-state index contributed by atoms with van der Waals surface area (Å²) < 4.78 is 0. The molecular formula is C8H15NO2. The van der Waals surface area contributed by atoms with Crippen LogP contribution in [0.5, 0.6) is 0 Å². The molecular weight excluding hydrogens is 142 g/mol. The van der Waals surface area contributed by atoms with Crippen molar-refractivity contribution >= 4 is 0 Å². The molecule has 0 saturated carbocycles. The van der Waals surface area contributed by atoms with Crippen LogP contribution in [0.3, 0.4) is 0 Å². The zero-order valence-electron chi connectivity index (χ0n) is 6.92. The Kier molecular flexibility index (Phi) is 1.67. The number of aliphatic hydroxyl groups excluding tert-OH is 1. The van der Waals surface area contributed by atoms with E-state index in [4.69, 9.17) is 9.94 Å². The average molecular weight is 157 g/mol. The van der Waals surface area contributed by atoms with Crippen molar-refractivity contribution < 1.29 is 9.94 Å². The van der Waals surface area contributed by atoms with E-state index in [9.17, 15) is 0 Å². The molecule has 2 unspecified atom stereocenters. The molecule has 2 rings (SSSR count). The van der Waals surface area contributed by atoms with E-state index < -0.39 is 0 Å². The summed E-state index contributed by atoms with van der Waals surface area (Å²) in [4.78, 5) is 5.61. The molecule has 0 aliphatic carbocycles. The van der Waals surface area contributed by atoms with Gasteiger partial charge in [-0.05, 0) is 26.2 Å². The predicted octanol–water partition coefficient (Wildman–Crippen LogP) is 0.537. The minimum absolute atomic E-state index is 0.139. The molecule has 0 aromatic carbocycles. The van der Waals surface area contributed by atoms with E-state index in [1.807, 2.05) is 12.0 Å². The van der Waals surface area contributed by atoms with Gasteiger partial charge in [-0.2, -0.15) is 5.06 Å². The van der Waals surface area contributed by atoms with Crippen molar-refractivity contribution in [2.75, 3.05) is 13.2 Å². The van der Waals surface area contributed by atoms with E-state index in [0.29, 0.717) is 6.04 Å². The molecule has 2 aliphatic heterocycles. The summed E-state index contributed by atoms with van der Waals surface area (Å²) in [5.41, 5.74) is -0.287. The summed E-state index contributed by atoms with van der Waals surface area (Å²) in [5.74, 6) is 0. The highest BCUT2D eigenvalue weighted by Crippen LogP contribution is 2.36. The molecule has 0 aromatic heterocycles. The van der Waals surface area contributed by atoms with Crippen LogP contribution in [0.4, 0.5) is 0 Å². The quantitative estimate of drug-likeness (QED) is 0.603. The van der Waals surface area contributed by atoms with Crippen LogP contribution in [0.2, 0.25) is 0 Å². The number of hydrogen-bond donors (Lipinski definition) is 1. The predicted molar refractivity (Wildman–Crippen MR) is 40.9 cm³/mol. The fraction of sp³-hybridized carbons (Fsp3) is 1.00. The van der Waals surface area contributed by atoms with Crippen molar-refractivity contribution in [2.24, 2.45) is 0 Å². The van der Waals surface area contributed by atoms with Gasteiger partial charge in [-0.1, -0.05) is 0 Å². The van der Waals surface area contributed by atoms with Gasteiger partial charge in [0.1, 0.15) is 5.60 Å². The highest BCUT2D eigenvalue weighted by Gasteiger charge is 2.43. The molecule has 1 N–H and O–H groups in total. The summed E-state index contributed by atoms with van der Waals surface area (Å²) in [5, 5.41) is 11.1. The Balaban J connectivity index is 2.04. The summed E-state index contributed by atoms with van der Waals surface area (Å²) in [6.45, 7) is 3.16. The molecule has 3 nitrogen and oxygen atoms in total. The summed E-state index contributed by atoms with van der Waals surface area (Å²) in [6.07, 6.45) is 3.46. The van der Waals surface area contributed by atoms with Gasteiger partial charge in [-0.3, -0.25) is 4.84 Å².